The van der Waals surface area contributed by atoms with Crippen LogP contribution < -0.4 is 0 Å². The average molecular weight is 576 g/mol. The summed E-state index contributed by atoms with van der Waals surface area (Å²) >= 11 is 0. The minimum atomic E-state index is -0.876. The summed E-state index contributed by atoms with van der Waals surface area (Å²) in [6.07, 6.45) is 9.67. The highest BCUT2D eigenvalue weighted by atomic mass is 16.4. The number of hydrogen-bond donors (Lipinski definition) is 2. The van der Waals surface area contributed by atoms with E-state index < -0.39 is 11.9 Å². The van der Waals surface area contributed by atoms with Crippen molar-refractivity contribution >= 4 is 28.9 Å². The molecular formula is C36H37N3O4. The number of ketones is 1. The number of carbonyl (C=O) groups excluding carboxylic acids is 1. The highest BCUT2D eigenvalue weighted by molar-refractivity contribution is 6.17. The number of Topliss-reactive ketones (excluding diaryl/α,β-unsaturated/α-hetero) is 1. The molecule has 0 saturated heterocycles. The second-order valence-corrected chi connectivity index (χ2v) is 12.2. The molecule has 6 rings (SSSR count). The van der Waals surface area contributed by atoms with Crippen LogP contribution in [0.1, 0.15) is 67.2 Å². The molecule has 8 bridgehead atoms. The summed E-state index contributed by atoms with van der Waals surface area (Å²) in [4.78, 5) is 40.0. The number of hydrogen-bond acceptors (Lipinski definition) is 6. The summed E-state index contributed by atoms with van der Waals surface area (Å²) < 4.78 is 0. The topological polar surface area (TPSA) is 112 Å². The molecule has 0 amide bonds. The van der Waals surface area contributed by atoms with E-state index in [0.29, 0.717) is 18.6 Å². The Balaban J connectivity index is 1.65. The molecule has 0 unspecified atom stereocenters. The zero-order chi connectivity index (χ0) is 30.9. The van der Waals surface area contributed by atoms with Crippen LogP contribution in [-0.2, 0) is 9.59 Å². The van der Waals surface area contributed by atoms with Crippen LogP contribution >= 0.6 is 0 Å². The van der Waals surface area contributed by atoms with Crippen LogP contribution in [0.5, 0.6) is 0 Å². The van der Waals surface area contributed by atoms with E-state index in [1.165, 1.54) is 12.5 Å². The fourth-order valence-corrected chi connectivity index (χ4v) is 7.42. The van der Waals surface area contributed by atoms with Crippen molar-refractivity contribution in [1.82, 2.24) is 0 Å². The van der Waals surface area contributed by atoms with E-state index in [1.54, 1.807) is 0 Å². The fourth-order valence-electron chi connectivity index (χ4n) is 7.42. The predicted molar refractivity (Wildman–Crippen MR) is 170 cm³/mol. The molecule has 0 radical (unpaired) electrons. The van der Waals surface area contributed by atoms with Gasteiger partial charge < -0.3 is 10.2 Å². The molecule has 2 aliphatic carbocycles. The van der Waals surface area contributed by atoms with Gasteiger partial charge in [0.1, 0.15) is 17.5 Å². The van der Waals surface area contributed by atoms with Crippen molar-refractivity contribution in [2.24, 2.45) is 32.7 Å². The minimum Gasteiger partial charge on any atom is -0.511 e. The highest BCUT2D eigenvalue weighted by Crippen LogP contribution is 2.52. The van der Waals surface area contributed by atoms with Crippen LogP contribution in [0.2, 0.25) is 0 Å². The van der Waals surface area contributed by atoms with E-state index >= 15 is 0 Å². The number of carbonyl (C=O) groups is 2. The lowest BCUT2D eigenvalue weighted by Gasteiger charge is -2.22. The van der Waals surface area contributed by atoms with Crippen LogP contribution in [0.3, 0.4) is 0 Å². The third-order valence-corrected chi connectivity index (χ3v) is 9.81. The number of aliphatic hydroxyl groups excluding tert-OH is 1. The number of carboxylic acid groups (broad SMARTS) is 1. The van der Waals surface area contributed by atoms with Crippen LogP contribution in [0, 0.1) is 17.8 Å². The fraction of sp³-hybridized carbons (Fsp3) is 0.361. The predicted octanol–water partition coefficient (Wildman–Crippen LogP) is 7.41. The summed E-state index contributed by atoms with van der Waals surface area (Å²) in [5.74, 6) is -2.12. The quantitative estimate of drug-likeness (QED) is 0.343. The summed E-state index contributed by atoms with van der Waals surface area (Å²) in [6.45, 7) is 15.9. The van der Waals surface area contributed by atoms with Gasteiger partial charge in [0.05, 0.1) is 22.8 Å². The SMILES string of the molecule is C=CC1=C(C)C2=NC1=CC1=NC(=CC3=C(C)C4=C(O)[C@H](C(C)=O)C(=C4C3)C3=NC(=C2)[C@@H](C)[C@@H]3CCC(=O)O)C(CC)=C1C. The second-order valence-electron chi connectivity index (χ2n) is 12.2. The molecule has 43 heavy (non-hydrogen) atoms. The van der Waals surface area contributed by atoms with Gasteiger partial charge in [-0.2, -0.15) is 0 Å². The number of aliphatic imine (C=N–C) groups is 3. The second kappa shape index (κ2) is 10.4. The number of nitrogens with zero attached hydrogens (tertiary/aromatic N) is 3. The van der Waals surface area contributed by atoms with Crippen molar-refractivity contribution < 1.29 is 19.8 Å². The number of aliphatic carboxylic acids is 1. The summed E-state index contributed by atoms with van der Waals surface area (Å²) in [7, 11) is 0. The molecule has 3 atom stereocenters. The molecule has 6 aliphatic rings. The van der Waals surface area contributed by atoms with Crippen LogP contribution in [-0.4, -0.2) is 39.1 Å². The van der Waals surface area contributed by atoms with Crippen molar-refractivity contribution in [3.05, 3.63) is 104 Å². The molecular weight excluding hydrogens is 538 g/mol. The van der Waals surface area contributed by atoms with Crippen molar-refractivity contribution in [1.29, 1.82) is 0 Å². The van der Waals surface area contributed by atoms with Gasteiger partial charge in [-0.15, -0.1) is 0 Å². The van der Waals surface area contributed by atoms with Gasteiger partial charge >= 0.3 is 5.97 Å². The van der Waals surface area contributed by atoms with Crippen molar-refractivity contribution in [2.75, 3.05) is 0 Å². The van der Waals surface area contributed by atoms with Gasteiger partial charge in [-0.05, 0) is 104 Å². The van der Waals surface area contributed by atoms with Gasteiger partial charge in [0.2, 0.25) is 0 Å². The Bertz CT molecular complexity index is 1790. The van der Waals surface area contributed by atoms with E-state index in [9.17, 15) is 19.8 Å². The van der Waals surface area contributed by atoms with Crippen molar-refractivity contribution in [3.8, 4) is 0 Å². The highest BCUT2D eigenvalue weighted by Gasteiger charge is 2.46. The average Bonchev–Trinajstić information content (AvgIpc) is 3.68. The van der Waals surface area contributed by atoms with Crippen LogP contribution in [0.15, 0.2) is 119 Å². The lowest BCUT2D eigenvalue weighted by molar-refractivity contribution is -0.137. The molecule has 0 aromatic rings. The number of aliphatic hydroxyl groups is 1. The Morgan fingerprint density at radius 3 is 2.37 bits per heavy atom. The first-order valence-corrected chi connectivity index (χ1v) is 15.0. The standard InChI is InChI=1S/C36H37N3O4/c1-8-22-17(4)27-15-30-23(9-2)18(5)26(38-30)14-28-19(6)24(10-11-31(41)42)35(39-28)34-25-12-21(13-29(22)37-27)16(3)32(25)36(43)33(34)20(7)40/h9,13-15,19,24,33,43H,2,8,10-12H2,1,3-7H3,(H,41,42)/t19-,24-,33+/m0/s1. The molecule has 7 nitrogen and oxygen atoms in total. The first-order chi connectivity index (χ1) is 20.5. The Morgan fingerprint density at radius 1 is 1.02 bits per heavy atom. The molecule has 4 heterocycles. The first-order valence-electron chi connectivity index (χ1n) is 15.0. The zero-order valence-corrected chi connectivity index (χ0v) is 25.6. The van der Waals surface area contributed by atoms with Gasteiger partial charge in [-0.3, -0.25) is 14.6 Å². The Kier molecular flexibility index (Phi) is 6.95. The van der Waals surface area contributed by atoms with Gasteiger partial charge in [-0.25, -0.2) is 9.98 Å². The molecule has 2 N–H and O–H groups in total. The number of rotatable bonds is 6. The molecule has 220 valence electrons. The van der Waals surface area contributed by atoms with Gasteiger partial charge in [0, 0.05) is 40.8 Å². The van der Waals surface area contributed by atoms with Crippen molar-refractivity contribution in [3.63, 3.8) is 0 Å². The summed E-state index contributed by atoms with van der Waals surface area (Å²) in [6, 6.07) is 0. The van der Waals surface area contributed by atoms with E-state index in [-0.39, 0.29) is 29.8 Å². The lowest BCUT2D eigenvalue weighted by atomic mass is 9.79. The van der Waals surface area contributed by atoms with Gasteiger partial charge in [0.15, 0.2) is 0 Å². The number of allylic oxidation sites excluding steroid dienone is 13. The Hall–Kier alpha value is -4.39. The van der Waals surface area contributed by atoms with E-state index in [4.69, 9.17) is 15.0 Å². The summed E-state index contributed by atoms with van der Waals surface area (Å²) in [5.41, 5.74) is 13.4. The summed E-state index contributed by atoms with van der Waals surface area (Å²) in [5, 5.41) is 21.2. The third kappa shape index (κ3) is 4.36. The molecule has 0 spiro atoms. The number of fused-ring (bicyclic) bond motifs is 5. The van der Waals surface area contributed by atoms with Crippen LogP contribution in [0.25, 0.3) is 0 Å². The molecule has 4 aliphatic heterocycles. The molecule has 7 heteroatoms. The van der Waals surface area contributed by atoms with Gasteiger partial charge in [0.25, 0.3) is 0 Å². The zero-order valence-electron chi connectivity index (χ0n) is 25.6. The Morgan fingerprint density at radius 2 is 1.72 bits per heavy atom. The van der Waals surface area contributed by atoms with E-state index in [1.807, 2.05) is 32.1 Å². The molecule has 0 aromatic carbocycles. The monoisotopic (exact) mass is 575 g/mol. The largest absolute Gasteiger partial charge is 0.511 e. The number of carboxylic acids is 1. The minimum absolute atomic E-state index is 0.0193. The maximum Gasteiger partial charge on any atom is 0.303 e. The molecule has 0 aromatic heterocycles. The maximum absolute atomic E-state index is 13.1. The first kappa shape index (κ1) is 28.7. The van der Waals surface area contributed by atoms with Crippen molar-refractivity contribution in [2.45, 2.75) is 67.2 Å². The van der Waals surface area contributed by atoms with Gasteiger partial charge in [-0.1, -0.05) is 26.5 Å². The molecule has 0 saturated carbocycles. The maximum atomic E-state index is 13.1. The molecule has 0 fully saturated rings. The lowest BCUT2D eigenvalue weighted by Crippen LogP contribution is -2.26. The van der Waals surface area contributed by atoms with Crippen LogP contribution in [0.4, 0.5) is 0 Å². The van der Waals surface area contributed by atoms with E-state index in [0.717, 1.165) is 79.5 Å². The Labute approximate surface area is 252 Å². The normalized spacial score (nSPS) is 26.2. The smallest absolute Gasteiger partial charge is 0.303 e. The van der Waals surface area contributed by atoms with E-state index in [2.05, 4.69) is 33.4 Å². The third-order valence-electron chi connectivity index (χ3n) is 9.81.